The average Bonchev–Trinajstić information content (AvgIpc) is 1.93. The molecule has 0 amide bonds. The van der Waals surface area contributed by atoms with E-state index >= 15 is 0 Å². The summed E-state index contributed by atoms with van der Waals surface area (Å²) in [5, 5.41) is 0. The number of hydrogen-bond donors (Lipinski definition) is 0. The Kier molecular flexibility index (Phi) is 1.79. The highest BCUT2D eigenvalue weighted by Gasteiger charge is 2.01. The molecule has 2 heteroatoms. The summed E-state index contributed by atoms with van der Waals surface area (Å²) in [5.74, 6) is -0.0694. The molecule has 0 fully saturated rings. The molecule has 0 N–H and O–H groups in total. The molecule has 0 aromatic heterocycles. The Bertz CT molecular complexity index is 229. The van der Waals surface area contributed by atoms with Gasteiger partial charge >= 0.3 is 0 Å². The second-order valence-corrected chi connectivity index (χ2v) is 2.64. The predicted octanol–water partition coefficient (Wildman–Crippen LogP) is 0.701. The fourth-order valence-electron chi connectivity index (χ4n) is 0.917. The lowest BCUT2D eigenvalue weighted by molar-refractivity contribution is 0.625. The highest BCUT2D eigenvalue weighted by atomic mass is 19.1. The molecule has 10 heavy (non-hydrogen) atoms. The number of aryl methyl sites for hydroxylation is 1. The molecule has 52 valence electrons. The maximum absolute atomic E-state index is 13.0. The van der Waals surface area contributed by atoms with Gasteiger partial charge in [0, 0.05) is 0 Å². The zero-order chi connectivity index (χ0) is 7.72. The first kappa shape index (κ1) is 7.32. The van der Waals surface area contributed by atoms with E-state index in [1.807, 2.05) is 13.0 Å². The summed E-state index contributed by atoms with van der Waals surface area (Å²) in [6.45, 7) is 3.72. The van der Waals surface area contributed by atoms with Crippen molar-refractivity contribution >= 4 is 13.3 Å². The Morgan fingerprint density at radius 3 is 2.40 bits per heavy atom. The van der Waals surface area contributed by atoms with E-state index in [1.165, 1.54) is 0 Å². The van der Waals surface area contributed by atoms with Crippen molar-refractivity contribution in [2.45, 2.75) is 13.8 Å². The molecular formula is C8H10BF. The quantitative estimate of drug-likeness (QED) is 0.460. The van der Waals surface area contributed by atoms with Gasteiger partial charge in [0.15, 0.2) is 0 Å². The summed E-state index contributed by atoms with van der Waals surface area (Å²) in [6, 6.07) is 3.74. The average molecular weight is 136 g/mol. The summed E-state index contributed by atoms with van der Waals surface area (Å²) in [6.07, 6.45) is 0. The van der Waals surface area contributed by atoms with Crippen LogP contribution in [0.15, 0.2) is 12.1 Å². The van der Waals surface area contributed by atoms with Crippen LogP contribution in [-0.4, -0.2) is 7.85 Å². The van der Waals surface area contributed by atoms with E-state index in [0.29, 0.717) is 0 Å². The summed E-state index contributed by atoms with van der Waals surface area (Å²) < 4.78 is 13.0. The molecule has 0 bridgehead atoms. The number of benzene rings is 1. The van der Waals surface area contributed by atoms with Gasteiger partial charge < -0.3 is 0 Å². The standard InChI is InChI=1S/C8H10BF/c1-5-3-4-7(9)8(10)6(5)2/h3-4H,9H2,1-2H3. The van der Waals surface area contributed by atoms with Gasteiger partial charge in [-0.1, -0.05) is 17.6 Å². The predicted molar refractivity (Wildman–Crippen MR) is 44.1 cm³/mol. The van der Waals surface area contributed by atoms with Crippen molar-refractivity contribution in [3.8, 4) is 0 Å². The number of rotatable bonds is 0. The third-order valence-electron chi connectivity index (χ3n) is 1.85. The first-order chi connectivity index (χ1) is 4.63. The van der Waals surface area contributed by atoms with Crippen molar-refractivity contribution in [1.82, 2.24) is 0 Å². The van der Waals surface area contributed by atoms with Gasteiger partial charge in [-0.2, -0.15) is 0 Å². The largest absolute Gasteiger partial charge is 0.207 e. The Labute approximate surface area is 61.5 Å². The van der Waals surface area contributed by atoms with Gasteiger partial charge in [0.25, 0.3) is 0 Å². The van der Waals surface area contributed by atoms with Gasteiger partial charge in [-0.05, 0) is 25.0 Å². The molecular weight excluding hydrogens is 126 g/mol. The Hall–Kier alpha value is -0.785. The Morgan fingerprint density at radius 1 is 1.30 bits per heavy atom. The summed E-state index contributed by atoms with van der Waals surface area (Å²) in [4.78, 5) is 0. The molecule has 0 spiro atoms. The first-order valence-corrected chi connectivity index (χ1v) is 3.35. The lowest BCUT2D eigenvalue weighted by atomic mass is 9.92. The molecule has 0 aliphatic heterocycles. The minimum absolute atomic E-state index is 0.0694. The van der Waals surface area contributed by atoms with Crippen LogP contribution < -0.4 is 5.46 Å². The van der Waals surface area contributed by atoms with Crippen molar-refractivity contribution in [1.29, 1.82) is 0 Å². The van der Waals surface area contributed by atoms with E-state index in [4.69, 9.17) is 0 Å². The van der Waals surface area contributed by atoms with Gasteiger partial charge in [0.1, 0.15) is 13.7 Å². The normalized spacial score (nSPS) is 9.90. The van der Waals surface area contributed by atoms with Crippen molar-refractivity contribution in [2.24, 2.45) is 0 Å². The molecule has 1 rings (SSSR count). The molecule has 0 unspecified atom stereocenters. The van der Waals surface area contributed by atoms with Crippen LogP contribution in [0.1, 0.15) is 11.1 Å². The maximum Gasteiger partial charge on any atom is 0.143 e. The number of halogens is 1. The molecule has 1 aromatic rings. The molecule has 0 atom stereocenters. The third kappa shape index (κ3) is 1.06. The van der Waals surface area contributed by atoms with Gasteiger partial charge in [-0.15, -0.1) is 0 Å². The van der Waals surface area contributed by atoms with E-state index in [-0.39, 0.29) is 5.82 Å². The fourth-order valence-corrected chi connectivity index (χ4v) is 0.917. The van der Waals surface area contributed by atoms with Crippen LogP contribution in [0.4, 0.5) is 4.39 Å². The smallest absolute Gasteiger partial charge is 0.143 e. The minimum Gasteiger partial charge on any atom is -0.207 e. The van der Waals surface area contributed by atoms with Crippen LogP contribution in [0.5, 0.6) is 0 Å². The molecule has 0 aliphatic rings. The highest BCUT2D eigenvalue weighted by Crippen LogP contribution is 2.07. The third-order valence-corrected chi connectivity index (χ3v) is 1.85. The first-order valence-electron chi connectivity index (χ1n) is 3.35. The molecule has 0 heterocycles. The Balaban J connectivity index is 3.34. The lowest BCUT2D eigenvalue weighted by Gasteiger charge is -2.02. The summed E-state index contributed by atoms with van der Waals surface area (Å²) in [5.41, 5.74) is 2.51. The van der Waals surface area contributed by atoms with Crippen LogP contribution in [0, 0.1) is 19.7 Å². The Morgan fingerprint density at radius 2 is 1.90 bits per heavy atom. The van der Waals surface area contributed by atoms with Crippen LogP contribution >= 0.6 is 0 Å². The van der Waals surface area contributed by atoms with Crippen LogP contribution in [0.2, 0.25) is 0 Å². The summed E-state index contributed by atoms with van der Waals surface area (Å²) >= 11 is 0. The molecule has 0 saturated carbocycles. The molecule has 0 saturated heterocycles. The monoisotopic (exact) mass is 136 g/mol. The van der Waals surface area contributed by atoms with Crippen LogP contribution in [-0.2, 0) is 0 Å². The van der Waals surface area contributed by atoms with Crippen LogP contribution in [0.3, 0.4) is 0 Å². The van der Waals surface area contributed by atoms with Crippen molar-refractivity contribution in [3.05, 3.63) is 29.1 Å². The second-order valence-electron chi connectivity index (χ2n) is 2.64. The molecule has 0 aliphatic carbocycles. The van der Waals surface area contributed by atoms with Crippen molar-refractivity contribution in [2.75, 3.05) is 0 Å². The second kappa shape index (κ2) is 2.45. The van der Waals surface area contributed by atoms with E-state index in [0.717, 1.165) is 16.6 Å². The SMILES string of the molecule is Bc1ccc(C)c(C)c1F. The molecule has 0 nitrogen and oxygen atoms in total. The van der Waals surface area contributed by atoms with Gasteiger partial charge in [-0.25, -0.2) is 4.39 Å². The van der Waals surface area contributed by atoms with E-state index in [2.05, 4.69) is 0 Å². The lowest BCUT2D eigenvalue weighted by Crippen LogP contribution is -2.10. The zero-order valence-corrected chi connectivity index (χ0v) is 6.53. The zero-order valence-electron chi connectivity index (χ0n) is 6.53. The summed E-state index contributed by atoms with van der Waals surface area (Å²) in [7, 11) is 1.78. The van der Waals surface area contributed by atoms with E-state index in [9.17, 15) is 4.39 Å². The fraction of sp³-hybridized carbons (Fsp3) is 0.250. The van der Waals surface area contributed by atoms with E-state index < -0.39 is 0 Å². The van der Waals surface area contributed by atoms with Gasteiger partial charge in [-0.3, -0.25) is 0 Å². The minimum atomic E-state index is -0.0694. The maximum atomic E-state index is 13.0. The van der Waals surface area contributed by atoms with E-state index in [1.54, 1.807) is 20.8 Å². The van der Waals surface area contributed by atoms with Crippen LogP contribution in [0.25, 0.3) is 0 Å². The van der Waals surface area contributed by atoms with Gasteiger partial charge in [0.05, 0.1) is 0 Å². The number of hydrogen-bond acceptors (Lipinski definition) is 0. The molecule has 0 radical (unpaired) electrons. The van der Waals surface area contributed by atoms with Crippen molar-refractivity contribution < 1.29 is 4.39 Å². The van der Waals surface area contributed by atoms with Gasteiger partial charge in [0.2, 0.25) is 0 Å². The highest BCUT2D eigenvalue weighted by molar-refractivity contribution is 6.32. The van der Waals surface area contributed by atoms with Crippen molar-refractivity contribution in [3.63, 3.8) is 0 Å². The molecule has 1 aromatic carbocycles. The topological polar surface area (TPSA) is 0 Å².